The highest BCUT2D eigenvalue weighted by Crippen LogP contribution is 2.49. The molecular formula is C58H52N2Si2. The van der Waals surface area contributed by atoms with Gasteiger partial charge in [0, 0.05) is 33.5 Å². The monoisotopic (exact) mass is 832 g/mol. The van der Waals surface area contributed by atoms with Gasteiger partial charge in [0.05, 0.1) is 11.4 Å². The molecule has 10 aromatic carbocycles. The molecule has 0 unspecified atom stereocenters. The maximum atomic E-state index is 2.49. The van der Waals surface area contributed by atoms with Crippen LogP contribution in [0.3, 0.4) is 0 Å². The average molecular weight is 833 g/mol. The Hall–Kier alpha value is -6.73. The third-order valence-corrected chi connectivity index (χ3v) is 20.5. The van der Waals surface area contributed by atoms with E-state index in [0.29, 0.717) is 0 Å². The van der Waals surface area contributed by atoms with Crippen molar-refractivity contribution in [3.8, 4) is 0 Å². The van der Waals surface area contributed by atoms with Crippen molar-refractivity contribution in [2.45, 2.75) is 40.0 Å². The quantitative estimate of drug-likeness (QED) is 0.100. The molecule has 0 saturated heterocycles. The smallest absolute Gasteiger partial charge is 0.112 e. The Morgan fingerprint density at radius 2 is 0.629 bits per heavy atom. The van der Waals surface area contributed by atoms with Crippen LogP contribution in [0.15, 0.2) is 206 Å². The van der Waals surface area contributed by atoms with Gasteiger partial charge in [-0.15, -0.1) is 0 Å². The van der Waals surface area contributed by atoms with Crippen molar-refractivity contribution >= 4 is 103 Å². The third kappa shape index (κ3) is 6.71. The van der Waals surface area contributed by atoms with Crippen LogP contribution in [0.25, 0.3) is 32.3 Å². The van der Waals surface area contributed by atoms with Gasteiger partial charge in [-0.2, -0.15) is 0 Å². The van der Waals surface area contributed by atoms with Crippen LogP contribution in [0.4, 0.5) is 34.1 Å². The van der Waals surface area contributed by atoms with E-state index in [0.717, 1.165) is 17.1 Å². The first-order valence-electron chi connectivity index (χ1n) is 21.9. The average Bonchev–Trinajstić information content (AvgIpc) is 3.31. The zero-order valence-electron chi connectivity index (χ0n) is 36.5. The third-order valence-electron chi connectivity index (χ3n) is 13.4. The molecule has 0 aliphatic rings. The first-order chi connectivity index (χ1) is 30.1. The molecule has 0 spiro atoms. The lowest BCUT2D eigenvalue weighted by Gasteiger charge is -2.31. The van der Waals surface area contributed by atoms with Gasteiger partial charge < -0.3 is 9.80 Å². The van der Waals surface area contributed by atoms with Crippen molar-refractivity contribution in [1.29, 1.82) is 0 Å². The summed E-state index contributed by atoms with van der Waals surface area (Å²) < 4.78 is 0. The Morgan fingerprint density at radius 3 is 1.10 bits per heavy atom. The molecule has 0 radical (unpaired) electrons. The first-order valence-corrected chi connectivity index (χ1v) is 27.9. The van der Waals surface area contributed by atoms with E-state index < -0.39 is 16.1 Å². The molecule has 0 N–H and O–H groups in total. The Balaban J connectivity index is 1.18. The van der Waals surface area contributed by atoms with Gasteiger partial charge in [0.1, 0.15) is 16.1 Å². The van der Waals surface area contributed by atoms with Crippen molar-refractivity contribution < 1.29 is 0 Å². The summed E-state index contributed by atoms with van der Waals surface area (Å²) in [6, 6.07) is 76.9. The fourth-order valence-electron chi connectivity index (χ4n) is 9.78. The summed E-state index contributed by atoms with van der Waals surface area (Å²) in [6.45, 7) is 14.4. The summed E-state index contributed by atoms with van der Waals surface area (Å²) >= 11 is 0. The van der Waals surface area contributed by atoms with Gasteiger partial charge in [-0.05, 0) is 107 Å². The number of aryl methyl sites for hydroxylation is 2. The molecule has 2 nitrogen and oxygen atoms in total. The molecule has 62 heavy (non-hydrogen) atoms. The van der Waals surface area contributed by atoms with Crippen molar-refractivity contribution in [1.82, 2.24) is 0 Å². The van der Waals surface area contributed by atoms with Gasteiger partial charge >= 0.3 is 0 Å². The van der Waals surface area contributed by atoms with Crippen LogP contribution in [-0.2, 0) is 0 Å². The number of rotatable bonds is 10. The second-order valence-corrected chi connectivity index (χ2v) is 26.7. The van der Waals surface area contributed by atoms with Crippen LogP contribution < -0.4 is 30.5 Å². The van der Waals surface area contributed by atoms with E-state index in [9.17, 15) is 0 Å². The minimum absolute atomic E-state index is 1.14. The van der Waals surface area contributed by atoms with E-state index in [1.165, 1.54) is 81.3 Å². The molecule has 0 bridgehead atoms. The standard InChI is InChI=1S/C58H52N2Si2/c1-41-38-55(59(43-20-11-7-12-21-43)45-30-32-49(33-31-45)61(3,4)47-25-15-9-16-26-47)53-36-37-54-56(39-42(2)52-35-34-51(41)57(53)58(52)54)60(44-22-13-8-14-23-44)46-24-19-29-50(40-46)62(5,6)48-27-17-10-18-28-48/h7-40H,1-6H3. The van der Waals surface area contributed by atoms with E-state index >= 15 is 0 Å². The minimum Gasteiger partial charge on any atom is -0.310 e. The van der Waals surface area contributed by atoms with E-state index in [1.807, 2.05) is 0 Å². The van der Waals surface area contributed by atoms with Gasteiger partial charge in [0.25, 0.3) is 0 Å². The second-order valence-electron chi connectivity index (χ2n) is 17.9. The first kappa shape index (κ1) is 39.4. The summed E-state index contributed by atoms with van der Waals surface area (Å²) in [6.07, 6.45) is 0. The Bertz CT molecular complexity index is 3180. The van der Waals surface area contributed by atoms with Crippen LogP contribution in [0.1, 0.15) is 11.1 Å². The highest BCUT2D eigenvalue weighted by atomic mass is 28.3. The normalized spacial score (nSPS) is 12.0. The lowest BCUT2D eigenvalue weighted by molar-refractivity contribution is 1.29. The maximum absolute atomic E-state index is 2.49. The molecule has 4 heteroatoms. The number of hydrogen-bond donors (Lipinski definition) is 0. The summed E-state index contributed by atoms with van der Waals surface area (Å²) in [5.41, 5.74) is 9.52. The molecule has 0 atom stereocenters. The number of hydrogen-bond acceptors (Lipinski definition) is 2. The van der Waals surface area contributed by atoms with Crippen molar-refractivity contribution in [3.05, 3.63) is 217 Å². The SMILES string of the molecule is Cc1cc(N(c2ccccc2)c2ccc([Si](C)(C)c3ccccc3)cc2)c2ccc3c(N(c4ccccc4)c4cccc([Si](C)(C)c5ccccc5)c4)cc(C)c4ccc1c2c43. The molecule has 302 valence electrons. The van der Waals surface area contributed by atoms with Crippen LogP contribution in [0, 0.1) is 13.8 Å². The minimum atomic E-state index is -1.99. The Labute approximate surface area is 368 Å². The lowest BCUT2D eigenvalue weighted by atomic mass is 9.88. The topological polar surface area (TPSA) is 6.48 Å². The molecule has 10 rings (SSSR count). The molecule has 10 aromatic rings. The molecule has 0 heterocycles. The summed E-state index contributed by atoms with van der Waals surface area (Å²) in [4.78, 5) is 4.96. The summed E-state index contributed by atoms with van der Waals surface area (Å²) in [7, 11) is -3.88. The van der Waals surface area contributed by atoms with Crippen molar-refractivity contribution in [2.75, 3.05) is 9.80 Å². The fourth-order valence-corrected chi connectivity index (χ4v) is 14.5. The van der Waals surface area contributed by atoms with Gasteiger partial charge in [0.2, 0.25) is 0 Å². The predicted octanol–water partition coefficient (Wildman–Crippen LogP) is 13.8. The zero-order valence-corrected chi connectivity index (χ0v) is 38.5. The van der Waals surface area contributed by atoms with Gasteiger partial charge in [-0.3, -0.25) is 0 Å². The Morgan fingerprint density at radius 1 is 0.290 bits per heavy atom. The van der Waals surface area contributed by atoms with E-state index in [1.54, 1.807) is 0 Å². The van der Waals surface area contributed by atoms with Gasteiger partial charge in [-0.1, -0.05) is 193 Å². The molecule has 0 fully saturated rings. The van der Waals surface area contributed by atoms with E-state index in [-0.39, 0.29) is 0 Å². The van der Waals surface area contributed by atoms with Gasteiger partial charge in [0.15, 0.2) is 0 Å². The summed E-state index contributed by atoms with van der Waals surface area (Å²) in [5, 5.41) is 13.4. The maximum Gasteiger partial charge on any atom is 0.112 e. The molecule has 0 aliphatic heterocycles. The summed E-state index contributed by atoms with van der Waals surface area (Å²) in [5.74, 6) is 0. The number of benzene rings is 10. The highest BCUT2D eigenvalue weighted by molar-refractivity contribution is 7.01. The molecule has 0 saturated carbocycles. The largest absolute Gasteiger partial charge is 0.310 e. The number of nitrogens with zero attached hydrogens (tertiary/aromatic N) is 2. The van der Waals surface area contributed by atoms with Crippen LogP contribution >= 0.6 is 0 Å². The van der Waals surface area contributed by atoms with Gasteiger partial charge in [-0.25, -0.2) is 0 Å². The lowest BCUT2D eigenvalue weighted by Crippen LogP contribution is -2.52. The highest BCUT2D eigenvalue weighted by Gasteiger charge is 2.29. The fraction of sp³-hybridized carbons (Fsp3) is 0.103. The zero-order chi connectivity index (χ0) is 42.6. The number of para-hydroxylation sites is 2. The molecule has 0 aromatic heterocycles. The molecule has 0 aliphatic carbocycles. The van der Waals surface area contributed by atoms with Crippen molar-refractivity contribution in [3.63, 3.8) is 0 Å². The van der Waals surface area contributed by atoms with Crippen molar-refractivity contribution in [2.24, 2.45) is 0 Å². The Kier molecular flexibility index (Phi) is 9.94. The second kappa shape index (κ2) is 15.6. The van der Waals surface area contributed by atoms with E-state index in [2.05, 4.69) is 256 Å². The predicted molar refractivity (Wildman–Crippen MR) is 275 cm³/mol. The molecule has 0 amide bonds. The van der Waals surface area contributed by atoms with Crippen LogP contribution in [0.5, 0.6) is 0 Å². The van der Waals surface area contributed by atoms with E-state index in [4.69, 9.17) is 0 Å². The van der Waals surface area contributed by atoms with Crippen LogP contribution in [0.2, 0.25) is 26.2 Å². The van der Waals surface area contributed by atoms with Crippen LogP contribution in [-0.4, -0.2) is 16.1 Å². The number of anilines is 6. The molecular weight excluding hydrogens is 781 g/mol.